The van der Waals surface area contributed by atoms with Gasteiger partial charge in [-0.05, 0) is 26.2 Å². The predicted octanol–water partition coefficient (Wildman–Crippen LogP) is 1.04. The van der Waals surface area contributed by atoms with Gasteiger partial charge in [0.05, 0.1) is 23.3 Å². The lowest BCUT2D eigenvalue weighted by atomic mass is 10.1. The molecule has 3 N–H and O–H groups in total. The molecule has 1 aromatic heterocycles. The molecule has 0 atom stereocenters. The van der Waals surface area contributed by atoms with Crippen LogP contribution in [0.25, 0.3) is 10.9 Å². The fourth-order valence-electron chi connectivity index (χ4n) is 1.95. The number of carbonyl (C=O) groups is 1. The van der Waals surface area contributed by atoms with Crippen LogP contribution in [0.4, 0.5) is 5.69 Å². The number of hydrogen-bond donors (Lipinski definition) is 2. The first-order chi connectivity index (χ1) is 9.56. The molecule has 0 unspecified atom stereocenters. The molecule has 0 fully saturated rings. The van der Waals surface area contributed by atoms with Crippen LogP contribution in [-0.2, 0) is 11.2 Å². The van der Waals surface area contributed by atoms with Gasteiger partial charge in [0.2, 0.25) is 5.91 Å². The number of amides is 1. The van der Waals surface area contributed by atoms with Gasteiger partial charge in [0.15, 0.2) is 0 Å². The van der Waals surface area contributed by atoms with Crippen LogP contribution >= 0.6 is 0 Å². The second kappa shape index (κ2) is 6.34. The highest BCUT2D eigenvalue weighted by molar-refractivity contribution is 5.89. The Kier molecular flexibility index (Phi) is 4.53. The molecule has 0 aliphatic carbocycles. The summed E-state index contributed by atoms with van der Waals surface area (Å²) in [5.74, 6) is -0.0202. The first kappa shape index (κ1) is 14.3. The second-order valence-electron chi connectivity index (χ2n) is 5.05. The molecular weight excluding hydrogens is 252 g/mol. The van der Waals surface area contributed by atoms with Crippen LogP contribution in [0.2, 0.25) is 0 Å². The lowest BCUT2D eigenvalue weighted by molar-refractivity contribution is -0.120. The molecule has 106 valence electrons. The zero-order valence-electron chi connectivity index (χ0n) is 11.9. The van der Waals surface area contributed by atoms with E-state index in [1.54, 1.807) is 0 Å². The Labute approximate surface area is 118 Å². The second-order valence-corrected chi connectivity index (χ2v) is 5.05. The van der Waals surface area contributed by atoms with E-state index in [4.69, 9.17) is 5.73 Å². The maximum Gasteiger partial charge on any atom is 0.226 e. The highest BCUT2D eigenvalue weighted by atomic mass is 16.1. The molecule has 0 saturated heterocycles. The summed E-state index contributed by atoms with van der Waals surface area (Å²) in [4.78, 5) is 18.3. The third-order valence-electron chi connectivity index (χ3n) is 3.03. The normalized spacial score (nSPS) is 10.9. The maximum atomic E-state index is 11.8. The molecule has 0 saturated carbocycles. The average Bonchev–Trinajstić information content (AvgIpc) is 2.39. The van der Waals surface area contributed by atoms with Crippen LogP contribution in [0.15, 0.2) is 30.3 Å². The number of para-hydroxylation sites is 1. The summed E-state index contributed by atoms with van der Waals surface area (Å²) >= 11 is 0. The number of hydrogen-bond acceptors (Lipinski definition) is 4. The number of rotatable bonds is 5. The Morgan fingerprint density at radius 3 is 2.85 bits per heavy atom. The van der Waals surface area contributed by atoms with Crippen LogP contribution in [0.5, 0.6) is 0 Å². The number of likely N-dealkylation sites (N-methyl/N-ethyl adjacent to an activating group) is 1. The van der Waals surface area contributed by atoms with Crippen molar-refractivity contribution in [1.29, 1.82) is 0 Å². The number of aromatic nitrogens is 1. The van der Waals surface area contributed by atoms with Crippen LogP contribution in [0, 0.1) is 0 Å². The van der Waals surface area contributed by atoms with Gasteiger partial charge >= 0.3 is 0 Å². The number of fused-ring (bicyclic) bond motifs is 1. The molecule has 5 heteroatoms. The van der Waals surface area contributed by atoms with Gasteiger partial charge in [-0.2, -0.15) is 0 Å². The van der Waals surface area contributed by atoms with Crippen molar-refractivity contribution < 1.29 is 4.79 Å². The Bertz CT molecular complexity index is 610. The molecule has 1 aromatic carbocycles. The van der Waals surface area contributed by atoms with E-state index >= 15 is 0 Å². The SMILES string of the molecule is CN(C)CCNC(=O)Cc1ccc2cccc(N)c2n1. The molecule has 5 nitrogen and oxygen atoms in total. The summed E-state index contributed by atoms with van der Waals surface area (Å²) in [7, 11) is 3.94. The molecule has 0 bridgehead atoms. The fraction of sp³-hybridized carbons (Fsp3) is 0.333. The molecule has 1 amide bonds. The summed E-state index contributed by atoms with van der Waals surface area (Å²) < 4.78 is 0. The number of anilines is 1. The van der Waals surface area contributed by atoms with E-state index in [2.05, 4.69) is 10.3 Å². The van der Waals surface area contributed by atoms with E-state index < -0.39 is 0 Å². The molecule has 0 spiro atoms. The van der Waals surface area contributed by atoms with Crippen LogP contribution < -0.4 is 11.1 Å². The van der Waals surface area contributed by atoms with Gasteiger partial charge in [0.1, 0.15) is 0 Å². The van der Waals surface area contributed by atoms with Crippen molar-refractivity contribution in [2.45, 2.75) is 6.42 Å². The topological polar surface area (TPSA) is 71.2 Å². The third kappa shape index (κ3) is 3.68. The van der Waals surface area contributed by atoms with Gasteiger partial charge in [-0.15, -0.1) is 0 Å². The number of carbonyl (C=O) groups excluding carboxylic acids is 1. The lowest BCUT2D eigenvalue weighted by Crippen LogP contribution is -2.32. The van der Waals surface area contributed by atoms with Crippen molar-refractivity contribution in [2.75, 3.05) is 32.9 Å². The van der Waals surface area contributed by atoms with Crippen LogP contribution in [0.3, 0.4) is 0 Å². The standard InChI is InChI=1S/C15H20N4O/c1-19(2)9-8-17-14(20)10-12-7-6-11-4-3-5-13(16)15(11)18-12/h3-7H,8-10,16H2,1-2H3,(H,17,20). The van der Waals surface area contributed by atoms with Gasteiger partial charge in [-0.1, -0.05) is 18.2 Å². The van der Waals surface area contributed by atoms with E-state index in [0.29, 0.717) is 12.2 Å². The van der Waals surface area contributed by atoms with E-state index in [1.165, 1.54) is 0 Å². The number of pyridine rings is 1. The van der Waals surface area contributed by atoms with Gasteiger partial charge in [-0.25, -0.2) is 0 Å². The average molecular weight is 272 g/mol. The van der Waals surface area contributed by atoms with Crippen molar-refractivity contribution in [3.05, 3.63) is 36.0 Å². The molecule has 0 aliphatic heterocycles. The zero-order valence-corrected chi connectivity index (χ0v) is 11.9. The Morgan fingerprint density at radius 2 is 2.10 bits per heavy atom. The number of nitrogens with two attached hydrogens (primary N) is 1. The molecule has 0 radical (unpaired) electrons. The quantitative estimate of drug-likeness (QED) is 0.798. The summed E-state index contributed by atoms with van der Waals surface area (Å²) in [5, 5.41) is 3.86. The lowest BCUT2D eigenvalue weighted by Gasteiger charge is -2.10. The van der Waals surface area contributed by atoms with E-state index in [1.807, 2.05) is 49.3 Å². The van der Waals surface area contributed by atoms with E-state index in [0.717, 1.165) is 23.1 Å². The summed E-state index contributed by atoms with van der Waals surface area (Å²) in [6, 6.07) is 9.48. The van der Waals surface area contributed by atoms with Crippen molar-refractivity contribution >= 4 is 22.5 Å². The molecule has 0 aliphatic rings. The van der Waals surface area contributed by atoms with Crippen molar-refractivity contribution in [1.82, 2.24) is 15.2 Å². The monoisotopic (exact) mass is 272 g/mol. The summed E-state index contributed by atoms with van der Waals surface area (Å²) in [6.45, 7) is 1.46. The number of nitrogens with zero attached hydrogens (tertiary/aromatic N) is 2. The number of nitrogen functional groups attached to an aromatic ring is 1. The third-order valence-corrected chi connectivity index (χ3v) is 3.03. The van der Waals surface area contributed by atoms with Crippen molar-refractivity contribution in [3.8, 4) is 0 Å². The Balaban J connectivity index is 2.03. The van der Waals surface area contributed by atoms with Crippen molar-refractivity contribution in [2.24, 2.45) is 0 Å². The first-order valence-corrected chi connectivity index (χ1v) is 6.62. The molecule has 2 rings (SSSR count). The van der Waals surface area contributed by atoms with Gasteiger partial charge in [0, 0.05) is 18.5 Å². The zero-order chi connectivity index (χ0) is 14.5. The molecule has 2 aromatic rings. The van der Waals surface area contributed by atoms with Crippen molar-refractivity contribution in [3.63, 3.8) is 0 Å². The van der Waals surface area contributed by atoms with Crippen LogP contribution in [-0.4, -0.2) is 43.0 Å². The highest BCUT2D eigenvalue weighted by Crippen LogP contribution is 2.18. The first-order valence-electron chi connectivity index (χ1n) is 6.62. The van der Waals surface area contributed by atoms with Gasteiger partial charge < -0.3 is 16.0 Å². The highest BCUT2D eigenvalue weighted by Gasteiger charge is 2.06. The van der Waals surface area contributed by atoms with E-state index in [-0.39, 0.29) is 12.3 Å². The Morgan fingerprint density at radius 1 is 1.30 bits per heavy atom. The molecule has 1 heterocycles. The largest absolute Gasteiger partial charge is 0.397 e. The Hall–Kier alpha value is -2.14. The molecule has 20 heavy (non-hydrogen) atoms. The smallest absolute Gasteiger partial charge is 0.226 e. The minimum Gasteiger partial charge on any atom is -0.397 e. The molecular formula is C15H20N4O. The minimum atomic E-state index is -0.0202. The number of benzene rings is 1. The minimum absolute atomic E-state index is 0.0202. The summed E-state index contributed by atoms with van der Waals surface area (Å²) in [5.41, 5.74) is 8.03. The van der Waals surface area contributed by atoms with Gasteiger partial charge in [-0.3, -0.25) is 9.78 Å². The van der Waals surface area contributed by atoms with Gasteiger partial charge in [0.25, 0.3) is 0 Å². The summed E-state index contributed by atoms with van der Waals surface area (Å²) in [6.07, 6.45) is 0.275. The number of nitrogens with one attached hydrogen (secondary N) is 1. The maximum absolute atomic E-state index is 11.8. The fourth-order valence-corrected chi connectivity index (χ4v) is 1.95. The van der Waals surface area contributed by atoms with E-state index in [9.17, 15) is 4.79 Å². The van der Waals surface area contributed by atoms with Crippen LogP contribution in [0.1, 0.15) is 5.69 Å². The predicted molar refractivity (Wildman–Crippen MR) is 81.4 cm³/mol.